The van der Waals surface area contributed by atoms with E-state index in [1.807, 2.05) is 36.2 Å². The Morgan fingerprint density at radius 3 is 2.62 bits per heavy atom. The summed E-state index contributed by atoms with van der Waals surface area (Å²) in [6, 6.07) is 7.48. The number of ether oxygens (including phenoxy) is 1. The lowest BCUT2D eigenvalue weighted by molar-refractivity contribution is -0.133. The summed E-state index contributed by atoms with van der Waals surface area (Å²) in [6.45, 7) is 2.98. The van der Waals surface area contributed by atoms with Crippen LogP contribution < -0.4 is 15.4 Å². The SMILES string of the molecule is CN[C@H]1CCCN(C(=O)C[C@H](NC(C)=O)c2ccc(OC)cc2)C1. The van der Waals surface area contributed by atoms with E-state index >= 15 is 0 Å². The van der Waals surface area contributed by atoms with Crippen LogP contribution in [0.15, 0.2) is 24.3 Å². The molecule has 2 atom stereocenters. The number of rotatable bonds is 6. The Bertz CT molecular complexity index is 559. The van der Waals surface area contributed by atoms with Gasteiger partial charge in [-0.1, -0.05) is 12.1 Å². The van der Waals surface area contributed by atoms with Crippen LogP contribution in [0.3, 0.4) is 0 Å². The zero-order valence-corrected chi connectivity index (χ0v) is 14.7. The van der Waals surface area contributed by atoms with Crippen molar-refractivity contribution in [2.24, 2.45) is 0 Å². The summed E-state index contributed by atoms with van der Waals surface area (Å²) in [7, 11) is 3.54. The van der Waals surface area contributed by atoms with Gasteiger partial charge in [0.05, 0.1) is 19.6 Å². The number of likely N-dealkylation sites (N-methyl/N-ethyl adjacent to an activating group) is 1. The van der Waals surface area contributed by atoms with Crippen molar-refractivity contribution in [3.63, 3.8) is 0 Å². The van der Waals surface area contributed by atoms with E-state index in [9.17, 15) is 9.59 Å². The smallest absolute Gasteiger partial charge is 0.225 e. The van der Waals surface area contributed by atoms with Gasteiger partial charge in [-0.3, -0.25) is 9.59 Å². The second-order valence-corrected chi connectivity index (χ2v) is 6.20. The van der Waals surface area contributed by atoms with Gasteiger partial charge in [-0.2, -0.15) is 0 Å². The van der Waals surface area contributed by atoms with Crippen molar-refractivity contribution >= 4 is 11.8 Å². The third kappa shape index (κ3) is 4.96. The molecule has 1 aromatic rings. The highest BCUT2D eigenvalue weighted by Gasteiger charge is 2.25. The lowest BCUT2D eigenvalue weighted by Crippen LogP contribution is -2.47. The summed E-state index contributed by atoms with van der Waals surface area (Å²) in [5.74, 6) is 0.680. The zero-order valence-electron chi connectivity index (χ0n) is 14.7. The highest BCUT2D eigenvalue weighted by Crippen LogP contribution is 2.22. The fraction of sp³-hybridized carbons (Fsp3) is 0.556. The summed E-state index contributed by atoms with van der Waals surface area (Å²) >= 11 is 0. The molecule has 2 amide bonds. The molecular weight excluding hydrogens is 306 g/mol. The largest absolute Gasteiger partial charge is 0.497 e. The Kier molecular flexibility index (Phi) is 6.61. The van der Waals surface area contributed by atoms with Gasteiger partial charge in [-0.05, 0) is 37.6 Å². The first-order valence-corrected chi connectivity index (χ1v) is 8.39. The predicted octanol–water partition coefficient (Wildman–Crippen LogP) is 1.47. The topological polar surface area (TPSA) is 70.7 Å². The molecule has 0 radical (unpaired) electrons. The lowest BCUT2D eigenvalue weighted by atomic mass is 10.0. The van der Waals surface area contributed by atoms with Crippen LogP contribution in [0.2, 0.25) is 0 Å². The zero-order chi connectivity index (χ0) is 17.5. The first kappa shape index (κ1) is 18.3. The van der Waals surface area contributed by atoms with E-state index < -0.39 is 0 Å². The number of methoxy groups -OCH3 is 1. The van der Waals surface area contributed by atoms with Crippen molar-refractivity contribution in [2.45, 2.75) is 38.3 Å². The molecule has 1 aliphatic rings. The van der Waals surface area contributed by atoms with E-state index in [1.54, 1.807) is 7.11 Å². The molecule has 24 heavy (non-hydrogen) atoms. The summed E-state index contributed by atoms with van der Waals surface area (Å²) in [5, 5.41) is 6.13. The molecular formula is C18H27N3O3. The standard InChI is InChI=1S/C18H27N3O3/c1-13(22)20-17(14-6-8-16(24-3)9-7-14)11-18(23)21-10-4-5-15(12-21)19-2/h6-9,15,17,19H,4-5,10-12H2,1-3H3,(H,20,22)/t15-,17-/m0/s1. The normalized spacial score (nSPS) is 18.8. The molecule has 0 bridgehead atoms. The number of hydrogen-bond donors (Lipinski definition) is 2. The molecule has 2 N–H and O–H groups in total. The number of carbonyl (C=O) groups excluding carboxylic acids is 2. The molecule has 6 heteroatoms. The average Bonchev–Trinajstić information content (AvgIpc) is 2.60. The number of carbonyl (C=O) groups is 2. The monoisotopic (exact) mass is 333 g/mol. The van der Waals surface area contributed by atoms with Crippen LogP contribution in [0.25, 0.3) is 0 Å². The molecule has 0 aliphatic carbocycles. The van der Waals surface area contributed by atoms with Gasteiger partial charge in [0.2, 0.25) is 11.8 Å². The first-order chi connectivity index (χ1) is 11.5. The number of amides is 2. The van der Waals surface area contributed by atoms with Gasteiger partial charge in [0, 0.05) is 26.1 Å². The molecule has 0 unspecified atom stereocenters. The molecule has 1 heterocycles. The second-order valence-electron chi connectivity index (χ2n) is 6.20. The quantitative estimate of drug-likeness (QED) is 0.827. The van der Waals surface area contributed by atoms with Gasteiger partial charge >= 0.3 is 0 Å². The van der Waals surface area contributed by atoms with Gasteiger partial charge in [-0.15, -0.1) is 0 Å². The van der Waals surface area contributed by atoms with Crippen LogP contribution in [0.1, 0.15) is 37.8 Å². The summed E-state index contributed by atoms with van der Waals surface area (Å²) in [4.78, 5) is 26.1. The number of benzene rings is 1. The number of likely N-dealkylation sites (tertiary alicyclic amines) is 1. The van der Waals surface area contributed by atoms with Crippen LogP contribution in [0, 0.1) is 0 Å². The fourth-order valence-corrected chi connectivity index (χ4v) is 3.08. The molecule has 2 rings (SSSR count). The summed E-state index contributed by atoms with van der Waals surface area (Å²) in [6.07, 6.45) is 2.36. The maximum absolute atomic E-state index is 12.7. The van der Waals surface area contributed by atoms with Crippen molar-refractivity contribution in [3.8, 4) is 5.75 Å². The third-order valence-corrected chi connectivity index (χ3v) is 4.46. The van der Waals surface area contributed by atoms with Gasteiger partial charge in [0.1, 0.15) is 5.75 Å². The van der Waals surface area contributed by atoms with Gasteiger partial charge in [0.25, 0.3) is 0 Å². The number of piperidine rings is 1. The maximum atomic E-state index is 12.7. The van der Waals surface area contributed by atoms with Gasteiger partial charge < -0.3 is 20.3 Å². The van der Waals surface area contributed by atoms with Gasteiger partial charge in [0.15, 0.2) is 0 Å². The van der Waals surface area contributed by atoms with Gasteiger partial charge in [-0.25, -0.2) is 0 Å². The Morgan fingerprint density at radius 2 is 2.04 bits per heavy atom. The summed E-state index contributed by atoms with van der Waals surface area (Å²) in [5.41, 5.74) is 0.904. The van der Waals surface area contributed by atoms with Crippen LogP contribution >= 0.6 is 0 Å². The Labute approximate surface area is 143 Å². The van der Waals surface area contributed by atoms with E-state index in [4.69, 9.17) is 4.74 Å². The van der Waals surface area contributed by atoms with Crippen molar-refractivity contribution in [1.29, 1.82) is 0 Å². The molecule has 1 fully saturated rings. The van der Waals surface area contributed by atoms with Crippen molar-refractivity contribution in [3.05, 3.63) is 29.8 Å². The number of hydrogen-bond acceptors (Lipinski definition) is 4. The minimum absolute atomic E-state index is 0.0736. The molecule has 0 saturated carbocycles. The average molecular weight is 333 g/mol. The maximum Gasteiger partial charge on any atom is 0.225 e. The number of nitrogens with one attached hydrogen (secondary N) is 2. The number of nitrogens with zero attached hydrogens (tertiary/aromatic N) is 1. The Balaban J connectivity index is 2.07. The van der Waals surface area contributed by atoms with Crippen LogP contribution in [-0.4, -0.2) is 50.0 Å². The molecule has 1 saturated heterocycles. The second kappa shape index (κ2) is 8.68. The predicted molar refractivity (Wildman–Crippen MR) is 92.8 cm³/mol. The first-order valence-electron chi connectivity index (χ1n) is 8.39. The van der Waals surface area contributed by atoms with E-state index in [2.05, 4.69) is 10.6 Å². The van der Waals surface area contributed by atoms with E-state index in [0.717, 1.165) is 37.2 Å². The molecule has 132 valence electrons. The highest BCUT2D eigenvalue weighted by atomic mass is 16.5. The lowest BCUT2D eigenvalue weighted by Gasteiger charge is -2.33. The summed E-state index contributed by atoms with van der Waals surface area (Å²) < 4.78 is 5.16. The van der Waals surface area contributed by atoms with Crippen LogP contribution in [-0.2, 0) is 9.59 Å². The molecule has 1 aromatic carbocycles. The third-order valence-electron chi connectivity index (χ3n) is 4.46. The van der Waals surface area contributed by atoms with E-state index in [1.165, 1.54) is 6.92 Å². The Morgan fingerprint density at radius 1 is 1.33 bits per heavy atom. The van der Waals surface area contributed by atoms with Crippen molar-refractivity contribution in [1.82, 2.24) is 15.5 Å². The molecule has 1 aliphatic heterocycles. The van der Waals surface area contributed by atoms with E-state index in [0.29, 0.717) is 6.04 Å². The minimum Gasteiger partial charge on any atom is -0.497 e. The molecule has 0 spiro atoms. The molecule has 0 aromatic heterocycles. The fourth-order valence-electron chi connectivity index (χ4n) is 3.08. The van der Waals surface area contributed by atoms with Crippen LogP contribution in [0.4, 0.5) is 0 Å². The minimum atomic E-state index is -0.323. The van der Waals surface area contributed by atoms with Crippen molar-refractivity contribution in [2.75, 3.05) is 27.2 Å². The molecule has 6 nitrogen and oxygen atoms in total. The Hall–Kier alpha value is -2.08. The highest BCUT2D eigenvalue weighted by molar-refractivity contribution is 5.79. The van der Waals surface area contributed by atoms with E-state index in [-0.39, 0.29) is 24.3 Å². The van der Waals surface area contributed by atoms with Crippen LogP contribution in [0.5, 0.6) is 5.75 Å². The van der Waals surface area contributed by atoms with Crippen molar-refractivity contribution < 1.29 is 14.3 Å².